The maximum Gasteiger partial charge on any atom is 0.161 e. The van der Waals surface area contributed by atoms with Gasteiger partial charge in [0, 0.05) is 23.8 Å². The van der Waals surface area contributed by atoms with Gasteiger partial charge in [0.15, 0.2) is 11.5 Å². The van der Waals surface area contributed by atoms with Crippen molar-refractivity contribution in [1.29, 1.82) is 0 Å². The first-order chi connectivity index (χ1) is 12.2. The van der Waals surface area contributed by atoms with E-state index in [1.54, 1.807) is 14.2 Å². The minimum Gasteiger partial charge on any atom is -0.493 e. The van der Waals surface area contributed by atoms with Crippen LogP contribution in [0.15, 0.2) is 36.4 Å². The number of aryl methyl sites for hydroxylation is 1. The Kier molecular flexibility index (Phi) is 4.30. The molecular formula is C21H25NO3. The van der Waals surface area contributed by atoms with Crippen molar-refractivity contribution in [3.05, 3.63) is 53.1 Å². The van der Waals surface area contributed by atoms with Crippen molar-refractivity contribution < 1.29 is 14.2 Å². The van der Waals surface area contributed by atoms with Gasteiger partial charge in [0.1, 0.15) is 0 Å². The molecule has 2 heterocycles. The second kappa shape index (κ2) is 6.60. The Balaban J connectivity index is 1.76. The van der Waals surface area contributed by atoms with Crippen LogP contribution in [0, 0.1) is 12.8 Å². The van der Waals surface area contributed by atoms with Crippen LogP contribution in [0.25, 0.3) is 0 Å². The van der Waals surface area contributed by atoms with E-state index in [0.717, 1.165) is 30.9 Å². The molecule has 0 amide bonds. The van der Waals surface area contributed by atoms with E-state index in [9.17, 15) is 0 Å². The molecule has 1 saturated heterocycles. The fourth-order valence-electron chi connectivity index (χ4n) is 4.17. The van der Waals surface area contributed by atoms with E-state index < -0.39 is 0 Å². The third kappa shape index (κ3) is 2.85. The van der Waals surface area contributed by atoms with Gasteiger partial charge in [-0.15, -0.1) is 0 Å². The van der Waals surface area contributed by atoms with Crippen LogP contribution in [0.1, 0.15) is 41.7 Å². The highest BCUT2D eigenvalue weighted by Gasteiger charge is 2.40. The van der Waals surface area contributed by atoms with E-state index in [1.807, 2.05) is 6.07 Å². The zero-order valence-electron chi connectivity index (χ0n) is 15.0. The van der Waals surface area contributed by atoms with Crippen molar-refractivity contribution >= 4 is 5.69 Å². The Morgan fingerprint density at radius 3 is 2.68 bits per heavy atom. The first-order valence-corrected chi connectivity index (χ1v) is 8.92. The zero-order valence-corrected chi connectivity index (χ0v) is 15.0. The maximum atomic E-state index is 6.22. The number of benzene rings is 2. The molecule has 0 radical (unpaired) electrons. The third-order valence-electron chi connectivity index (χ3n) is 5.39. The van der Waals surface area contributed by atoms with Crippen LogP contribution >= 0.6 is 0 Å². The first-order valence-electron chi connectivity index (χ1n) is 8.92. The molecule has 1 fully saturated rings. The summed E-state index contributed by atoms with van der Waals surface area (Å²) in [5.41, 5.74) is 4.96. The summed E-state index contributed by atoms with van der Waals surface area (Å²) in [5, 5.41) is 3.75. The summed E-state index contributed by atoms with van der Waals surface area (Å²) >= 11 is 0. The van der Waals surface area contributed by atoms with E-state index in [1.165, 1.54) is 22.4 Å². The molecule has 2 aromatic rings. The highest BCUT2D eigenvalue weighted by molar-refractivity contribution is 5.59. The molecule has 4 heteroatoms. The molecule has 132 valence electrons. The van der Waals surface area contributed by atoms with Gasteiger partial charge < -0.3 is 19.5 Å². The van der Waals surface area contributed by atoms with E-state index in [4.69, 9.17) is 14.2 Å². The summed E-state index contributed by atoms with van der Waals surface area (Å²) < 4.78 is 17.1. The molecule has 1 N–H and O–H groups in total. The minimum absolute atomic E-state index is 0.156. The number of fused-ring (bicyclic) bond motifs is 3. The summed E-state index contributed by atoms with van der Waals surface area (Å²) in [6.07, 6.45) is 2.42. The summed E-state index contributed by atoms with van der Waals surface area (Å²) in [7, 11) is 3.35. The van der Waals surface area contributed by atoms with Gasteiger partial charge in [0.2, 0.25) is 0 Å². The average Bonchev–Trinajstić information content (AvgIpc) is 2.67. The molecule has 0 spiro atoms. The molecule has 0 saturated carbocycles. The van der Waals surface area contributed by atoms with Crippen molar-refractivity contribution in [2.24, 2.45) is 5.92 Å². The smallest absolute Gasteiger partial charge is 0.161 e. The predicted octanol–water partition coefficient (Wildman–Crippen LogP) is 4.65. The number of hydrogen-bond acceptors (Lipinski definition) is 4. The molecule has 3 atom stereocenters. The lowest BCUT2D eigenvalue weighted by Crippen LogP contribution is -2.36. The molecule has 0 unspecified atom stereocenters. The van der Waals surface area contributed by atoms with Crippen molar-refractivity contribution in [3.8, 4) is 11.5 Å². The van der Waals surface area contributed by atoms with Crippen LogP contribution in [0.3, 0.4) is 0 Å². The molecule has 0 bridgehead atoms. The second-order valence-electron chi connectivity index (χ2n) is 6.92. The van der Waals surface area contributed by atoms with Gasteiger partial charge in [-0.3, -0.25) is 0 Å². The lowest BCUT2D eigenvalue weighted by molar-refractivity contribution is -0.0381. The van der Waals surface area contributed by atoms with Crippen LogP contribution < -0.4 is 14.8 Å². The third-order valence-corrected chi connectivity index (χ3v) is 5.39. The molecule has 4 rings (SSSR count). The van der Waals surface area contributed by atoms with Crippen LogP contribution in [0.5, 0.6) is 11.5 Å². The lowest BCUT2D eigenvalue weighted by Gasteiger charge is -2.43. The van der Waals surface area contributed by atoms with Crippen LogP contribution in [0.2, 0.25) is 0 Å². The second-order valence-corrected chi connectivity index (χ2v) is 6.92. The minimum atomic E-state index is 0.156. The molecule has 25 heavy (non-hydrogen) atoms. The highest BCUT2D eigenvalue weighted by Crippen LogP contribution is 2.49. The molecule has 2 aliphatic rings. The summed E-state index contributed by atoms with van der Waals surface area (Å²) in [4.78, 5) is 0. The molecule has 2 aliphatic heterocycles. The number of anilines is 1. The van der Waals surface area contributed by atoms with Crippen LogP contribution in [-0.2, 0) is 4.74 Å². The molecule has 2 aromatic carbocycles. The van der Waals surface area contributed by atoms with Gasteiger partial charge in [0.05, 0.1) is 26.4 Å². The standard InChI is InChI=1S/C21H25NO3/c1-13-6-8-17-16(11-13)21-15(5-4-10-25-21)20(22-17)14-7-9-18(23-2)19(12-14)24-3/h6-9,11-12,15,20-22H,4-5,10H2,1-3H3/t15-,20-,21-/m0/s1. The largest absolute Gasteiger partial charge is 0.493 e. The summed E-state index contributed by atoms with van der Waals surface area (Å²) in [6.45, 7) is 2.98. The van der Waals surface area contributed by atoms with Gasteiger partial charge in [-0.2, -0.15) is 0 Å². The Bertz CT molecular complexity index is 774. The van der Waals surface area contributed by atoms with Crippen molar-refractivity contribution in [3.63, 3.8) is 0 Å². The maximum absolute atomic E-state index is 6.22. The number of hydrogen-bond donors (Lipinski definition) is 1. The Morgan fingerprint density at radius 2 is 1.88 bits per heavy atom. The van der Waals surface area contributed by atoms with Crippen LogP contribution in [-0.4, -0.2) is 20.8 Å². The first kappa shape index (κ1) is 16.3. The number of ether oxygens (including phenoxy) is 3. The van der Waals surface area contributed by atoms with E-state index >= 15 is 0 Å². The number of rotatable bonds is 3. The Labute approximate surface area is 149 Å². The van der Waals surface area contributed by atoms with E-state index in [-0.39, 0.29) is 12.1 Å². The SMILES string of the molecule is COc1ccc([C@@H]2Nc3ccc(C)cc3[C@H]3OCCC[C@H]32)cc1OC. The van der Waals surface area contributed by atoms with Gasteiger partial charge in [-0.05, 0) is 43.5 Å². The average molecular weight is 339 g/mol. The Hall–Kier alpha value is -2.20. The molecule has 4 nitrogen and oxygen atoms in total. The van der Waals surface area contributed by atoms with Crippen molar-refractivity contribution in [2.75, 3.05) is 26.1 Å². The highest BCUT2D eigenvalue weighted by atomic mass is 16.5. The predicted molar refractivity (Wildman–Crippen MR) is 98.5 cm³/mol. The van der Waals surface area contributed by atoms with Crippen molar-refractivity contribution in [2.45, 2.75) is 31.9 Å². The normalized spacial score (nSPS) is 24.7. The van der Waals surface area contributed by atoms with E-state index in [0.29, 0.717) is 5.92 Å². The van der Waals surface area contributed by atoms with Gasteiger partial charge in [-0.1, -0.05) is 23.8 Å². The Morgan fingerprint density at radius 1 is 1.04 bits per heavy atom. The van der Waals surface area contributed by atoms with Crippen molar-refractivity contribution in [1.82, 2.24) is 0 Å². The van der Waals surface area contributed by atoms with E-state index in [2.05, 4.69) is 42.6 Å². The summed E-state index contributed by atoms with van der Waals surface area (Å²) in [5.74, 6) is 1.94. The number of nitrogens with one attached hydrogen (secondary N) is 1. The van der Waals surface area contributed by atoms with Gasteiger partial charge in [-0.25, -0.2) is 0 Å². The quantitative estimate of drug-likeness (QED) is 0.884. The molecular weight excluding hydrogens is 314 g/mol. The topological polar surface area (TPSA) is 39.7 Å². The zero-order chi connectivity index (χ0) is 17.4. The van der Waals surface area contributed by atoms with Crippen LogP contribution in [0.4, 0.5) is 5.69 Å². The van der Waals surface area contributed by atoms with Gasteiger partial charge >= 0.3 is 0 Å². The van der Waals surface area contributed by atoms with Gasteiger partial charge in [0.25, 0.3) is 0 Å². The number of methoxy groups -OCH3 is 2. The molecule has 0 aliphatic carbocycles. The fourth-order valence-corrected chi connectivity index (χ4v) is 4.17. The monoisotopic (exact) mass is 339 g/mol. The molecule has 0 aromatic heterocycles. The fraction of sp³-hybridized carbons (Fsp3) is 0.429. The summed E-state index contributed by atoms with van der Waals surface area (Å²) in [6, 6.07) is 13.0. The lowest BCUT2D eigenvalue weighted by atomic mass is 9.77.